The third-order valence-electron chi connectivity index (χ3n) is 6.30. The molecule has 0 saturated carbocycles. The number of methoxy groups -OCH3 is 1. The minimum Gasteiger partial charge on any atom is -0.383 e. The van der Waals surface area contributed by atoms with Crippen LogP contribution in [0.2, 0.25) is 0 Å². The summed E-state index contributed by atoms with van der Waals surface area (Å²) in [5.41, 5.74) is 6.36. The Labute approximate surface area is 197 Å². The van der Waals surface area contributed by atoms with Crippen molar-refractivity contribution in [1.82, 2.24) is 29.5 Å². The van der Waals surface area contributed by atoms with Crippen LogP contribution in [0.3, 0.4) is 0 Å². The number of hydrogen-bond acceptors (Lipinski definition) is 8. The Morgan fingerprint density at radius 2 is 1.88 bits per heavy atom. The van der Waals surface area contributed by atoms with Crippen molar-refractivity contribution in [3.05, 3.63) is 77.6 Å². The molecule has 0 aromatic carbocycles. The van der Waals surface area contributed by atoms with Gasteiger partial charge in [-0.2, -0.15) is 0 Å². The molecule has 0 amide bonds. The van der Waals surface area contributed by atoms with Crippen molar-refractivity contribution in [3.63, 3.8) is 0 Å². The standard InChI is InChI=1S/C25H27N7O2/c1-34-11-10-31-7-4-18(5-8-31)23-3-2-21(15-28-23)30-32-9-6-19-12-24(20-13-26-17-27-14-20)29-16-22(19)25(32)33/h2-3,6,9,12-18,30H,4-5,7-8,10-11H2,1H3. The quantitative estimate of drug-likeness (QED) is 0.452. The number of nitrogens with zero attached hydrogens (tertiary/aromatic N) is 6. The van der Waals surface area contributed by atoms with E-state index >= 15 is 0 Å². The Kier molecular flexibility index (Phi) is 6.55. The van der Waals surface area contributed by atoms with Gasteiger partial charge >= 0.3 is 0 Å². The highest BCUT2D eigenvalue weighted by atomic mass is 16.5. The van der Waals surface area contributed by atoms with Crippen LogP contribution in [0.15, 0.2) is 66.4 Å². The molecule has 1 aliphatic rings. The van der Waals surface area contributed by atoms with Crippen LogP contribution in [0.5, 0.6) is 0 Å². The summed E-state index contributed by atoms with van der Waals surface area (Å²) in [5, 5.41) is 1.34. The lowest BCUT2D eigenvalue weighted by Gasteiger charge is -2.31. The van der Waals surface area contributed by atoms with E-state index in [-0.39, 0.29) is 5.56 Å². The molecule has 174 valence electrons. The Hall–Kier alpha value is -3.69. The summed E-state index contributed by atoms with van der Waals surface area (Å²) < 4.78 is 6.64. The van der Waals surface area contributed by atoms with Gasteiger partial charge in [0.15, 0.2) is 0 Å². The fourth-order valence-corrected chi connectivity index (χ4v) is 4.34. The lowest BCUT2D eigenvalue weighted by atomic mass is 9.93. The number of aromatic nitrogens is 5. The summed E-state index contributed by atoms with van der Waals surface area (Å²) in [7, 11) is 1.74. The molecular formula is C25H27N7O2. The highest BCUT2D eigenvalue weighted by Gasteiger charge is 2.21. The minimum atomic E-state index is -0.173. The SMILES string of the molecule is COCCN1CCC(c2ccc(Nn3ccc4cc(-c5cncnc5)ncc4c3=O)cn2)CC1. The highest BCUT2D eigenvalue weighted by Crippen LogP contribution is 2.27. The zero-order valence-electron chi connectivity index (χ0n) is 19.1. The maximum Gasteiger partial charge on any atom is 0.278 e. The number of fused-ring (bicyclic) bond motifs is 1. The van der Waals surface area contributed by atoms with E-state index in [1.807, 2.05) is 18.2 Å². The molecule has 0 unspecified atom stereocenters. The number of pyridine rings is 3. The van der Waals surface area contributed by atoms with Gasteiger partial charge in [0, 0.05) is 55.6 Å². The van der Waals surface area contributed by atoms with Crippen molar-refractivity contribution in [2.75, 3.05) is 38.8 Å². The summed E-state index contributed by atoms with van der Waals surface area (Å²) in [6, 6.07) is 7.79. The second-order valence-electron chi connectivity index (χ2n) is 8.47. The normalized spacial score (nSPS) is 15.0. The van der Waals surface area contributed by atoms with E-state index in [1.165, 1.54) is 11.0 Å². The van der Waals surface area contributed by atoms with E-state index < -0.39 is 0 Å². The highest BCUT2D eigenvalue weighted by molar-refractivity contribution is 5.84. The lowest BCUT2D eigenvalue weighted by Crippen LogP contribution is -2.35. The third kappa shape index (κ3) is 4.80. The zero-order valence-corrected chi connectivity index (χ0v) is 19.1. The maximum absolute atomic E-state index is 13.0. The van der Waals surface area contributed by atoms with Crippen molar-refractivity contribution < 1.29 is 4.74 Å². The first kappa shape index (κ1) is 22.1. The van der Waals surface area contributed by atoms with Crippen molar-refractivity contribution in [3.8, 4) is 11.3 Å². The van der Waals surface area contributed by atoms with Crippen molar-refractivity contribution in [2.24, 2.45) is 0 Å². The van der Waals surface area contributed by atoms with Gasteiger partial charge < -0.3 is 9.64 Å². The second kappa shape index (κ2) is 10.1. The summed E-state index contributed by atoms with van der Waals surface area (Å²) >= 11 is 0. The molecule has 1 fully saturated rings. The molecule has 1 N–H and O–H groups in total. The average molecular weight is 458 g/mol. The number of anilines is 1. The van der Waals surface area contributed by atoms with Crippen LogP contribution in [-0.4, -0.2) is 62.9 Å². The van der Waals surface area contributed by atoms with Crippen LogP contribution in [0.1, 0.15) is 24.5 Å². The van der Waals surface area contributed by atoms with Crippen LogP contribution in [0, 0.1) is 0 Å². The summed E-state index contributed by atoms with van der Waals surface area (Å²) in [6.07, 6.45) is 12.2. The Bertz CT molecular complexity index is 1300. The third-order valence-corrected chi connectivity index (χ3v) is 6.30. The molecular weight excluding hydrogens is 430 g/mol. The first-order chi connectivity index (χ1) is 16.7. The molecule has 4 aromatic rings. The zero-order chi connectivity index (χ0) is 23.3. The average Bonchev–Trinajstić information content (AvgIpc) is 2.90. The van der Waals surface area contributed by atoms with Crippen LogP contribution >= 0.6 is 0 Å². The van der Waals surface area contributed by atoms with Gasteiger partial charge in [0.25, 0.3) is 5.56 Å². The molecule has 9 heteroatoms. The van der Waals surface area contributed by atoms with Crippen LogP contribution in [-0.2, 0) is 4.74 Å². The van der Waals surface area contributed by atoms with Crippen molar-refractivity contribution in [1.29, 1.82) is 0 Å². The number of hydrogen-bond donors (Lipinski definition) is 1. The molecule has 34 heavy (non-hydrogen) atoms. The van der Waals surface area contributed by atoms with E-state index in [4.69, 9.17) is 4.74 Å². The predicted octanol–water partition coefficient (Wildman–Crippen LogP) is 2.95. The molecule has 0 spiro atoms. The van der Waals surface area contributed by atoms with Gasteiger partial charge in [0.05, 0.1) is 29.6 Å². The Morgan fingerprint density at radius 3 is 2.62 bits per heavy atom. The number of ether oxygens (including phenoxy) is 1. The van der Waals surface area contributed by atoms with E-state index in [9.17, 15) is 4.79 Å². The van der Waals surface area contributed by atoms with Crippen molar-refractivity contribution in [2.45, 2.75) is 18.8 Å². The maximum atomic E-state index is 13.0. The van der Waals surface area contributed by atoms with Crippen molar-refractivity contribution >= 4 is 16.5 Å². The van der Waals surface area contributed by atoms with Gasteiger partial charge in [-0.25, -0.2) is 14.6 Å². The molecule has 5 rings (SSSR count). The van der Waals surface area contributed by atoms with Gasteiger partial charge in [-0.15, -0.1) is 0 Å². The molecule has 0 atom stereocenters. The summed E-state index contributed by atoms with van der Waals surface area (Å²) in [4.78, 5) is 32.6. The van der Waals surface area contributed by atoms with Gasteiger partial charge in [-0.3, -0.25) is 20.2 Å². The first-order valence-corrected chi connectivity index (χ1v) is 11.4. The van der Waals surface area contributed by atoms with E-state index in [0.29, 0.717) is 11.3 Å². The number of likely N-dealkylation sites (tertiary alicyclic amines) is 1. The molecule has 0 radical (unpaired) electrons. The molecule has 4 aromatic heterocycles. The molecule has 5 heterocycles. The summed E-state index contributed by atoms with van der Waals surface area (Å²) in [6.45, 7) is 3.89. The van der Waals surface area contributed by atoms with Crippen LogP contribution in [0.4, 0.5) is 5.69 Å². The molecule has 0 aliphatic carbocycles. The van der Waals surface area contributed by atoms with Gasteiger partial charge in [-0.1, -0.05) is 0 Å². The molecule has 9 nitrogen and oxygen atoms in total. The van der Waals surface area contributed by atoms with E-state index in [0.717, 1.165) is 67.1 Å². The van der Waals surface area contributed by atoms with Gasteiger partial charge in [0.1, 0.15) is 6.33 Å². The number of piperidine rings is 1. The van der Waals surface area contributed by atoms with E-state index in [1.54, 1.807) is 38.1 Å². The number of rotatable bonds is 7. The van der Waals surface area contributed by atoms with Gasteiger partial charge in [0.2, 0.25) is 0 Å². The second-order valence-corrected chi connectivity index (χ2v) is 8.47. The lowest BCUT2D eigenvalue weighted by molar-refractivity contribution is 0.130. The molecule has 1 aliphatic heterocycles. The topological polar surface area (TPSA) is 98.1 Å². The fraction of sp³-hybridized carbons (Fsp3) is 0.320. The Balaban J connectivity index is 1.28. The predicted molar refractivity (Wildman–Crippen MR) is 131 cm³/mol. The van der Waals surface area contributed by atoms with Crippen LogP contribution in [0.25, 0.3) is 22.0 Å². The smallest absolute Gasteiger partial charge is 0.278 e. The van der Waals surface area contributed by atoms with E-state index in [2.05, 4.69) is 36.3 Å². The molecule has 1 saturated heterocycles. The number of nitrogens with one attached hydrogen (secondary N) is 1. The largest absolute Gasteiger partial charge is 0.383 e. The molecule has 0 bridgehead atoms. The van der Waals surface area contributed by atoms with Crippen LogP contribution < -0.4 is 11.0 Å². The minimum absolute atomic E-state index is 0.173. The monoisotopic (exact) mass is 457 g/mol. The van der Waals surface area contributed by atoms with Gasteiger partial charge in [-0.05, 0) is 55.6 Å². The fourth-order valence-electron chi connectivity index (χ4n) is 4.34. The Morgan fingerprint density at radius 1 is 1.06 bits per heavy atom. The summed E-state index contributed by atoms with van der Waals surface area (Å²) in [5.74, 6) is 0.464. The first-order valence-electron chi connectivity index (χ1n) is 11.4.